The van der Waals surface area contributed by atoms with E-state index in [-0.39, 0.29) is 6.10 Å². The highest BCUT2D eigenvalue weighted by Gasteiger charge is 2.22. The average molecular weight is 251 g/mol. The second-order valence-corrected chi connectivity index (χ2v) is 5.76. The molecule has 0 saturated heterocycles. The van der Waals surface area contributed by atoms with Crippen molar-refractivity contribution in [3.8, 4) is 0 Å². The van der Waals surface area contributed by atoms with Gasteiger partial charge in [0.15, 0.2) is 0 Å². The molecule has 2 rings (SSSR count). The van der Waals surface area contributed by atoms with E-state index in [0.717, 1.165) is 37.3 Å². The number of nitrogens with zero attached hydrogens (tertiary/aromatic N) is 1. The van der Waals surface area contributed by atoms with E-state index in [1.54, 1.807) is 0 Å². The van der Waals surface area contributed by atoms with Crippen LogP contribution in [0.2, 0.25) is 0 Å². The van der Waals surface area contributed by atoms with E-state index in [0.29, 0.717) is 0 Å². The molecule has 1 N–H and O–H groups in total. The lowest BCUT2D eigenvalue weighted by molar-refractivity contribution is 0.155. The summed E-state index contributed by atoms with van der Waals surface area (Å²) in [6.45, 7) is 6.92. The van der Waals surface area contributed by atoms with Crippen molar-refractivity contribution in [3.05, 3.63) is 35.7 Å². The highest BCUT2D eigenvalue weighted by molar-refractivity contribution is 7.99. The van der Waals surface area contributed by atoms with Gasteiger partial charge in [-0.05, 0) is 32.3 Å². The number of hydrogen-bond donors (Lipinski definition) is 1. The van der Waals surface area contributed by atoms with Crippen molar-refractivity contribution in [2.24, 2.45) is 0 Å². The van der Waals surface area contributed by atoms with Gasteiger partial charge in [0, 0.05) is 35.0 Å². The molecular weight excluding hydrogens is 230 g/mol. The second-order valence-electron chi connectivity index (χ2n) is 4.61. The topological polar surface area (TPSA) is 25.2 Å². The summed E-state index contributed by atoms with van der Waals surface area (Å²) < 4.78 is 2.38. The molecule has 0 amide bonds. The lowest BCUT2D eigenvalue weighted by Gasteiger charge is -2.20. The summed E-state index contributed by atoms with van der Waals surface area (Å²) in [7, 11) is 0. The molecule has 1 unspecified atom stereocenters. The third kappa shape index (κ3) is 2.78. The summed E-state index contributed by atoms with van der Waals surface area (Å²) in [5.41, 5.74) is 3.82. The number of aliphatic hydroxyl groups is 1. The van der Waals surface area contributed by atoms with E-state index < -0.39 is 0 Å². The Bertz CT molecular complexity index is 397. The molecule has 94 valence electrons. The van der Waals surface area contributed by atoms with Crippen molar-refractivity contribution < 1.29 is 5.11 Å². The molecule has 1 aliphatic carbocycles. The van der Waals surface area contributed by atoms with Crippen LogP contribution in [-0.4, -0.2) is 21.2 Å². The largest absolute Gasteiger partial charge is 0.388 e. The zero-order valence-corrected chi connectivity index (χ0v) is 11.3. The van der Waals surface area contributed by atoms with E-state index in [2.05, 4.69) is 24.1 Å². The van der Waals surface area contributed by atoms with Crippen LogP contribution in [0.25, 0.3) is 0 Å². The Kier molecular flexibility index (Phi) is 4.35. The van der Waals surface area contributed by atoms with Gasteiger partial charge in [0.25, 0.3) is 0 Å². The first-order chi connectivity index (χ1) is 8.24. The maximum Gasteiger partial charge on any atom is 0.0807 e. The SMILES string of the molecule is C=CCSCCn1c(C)cc2c1CCCC2O. The molecule has 17 heavy (non-hydrogen) atoms. The van der Waals surface area contributed by atoms with E-state index in [1.165, 1.54) is 17.0 Å². The molecule has 1 aromatic rings. The van der Waals surface area contributed by atoms with Crippen molar-refractivity contribution in [1.29, 1.82) is 0 Å². The van der Waals surface area contributed by atoms with Gasteiger partial charge in [-0.25, -0.2) is 0 Å². The van der Waals surface area contributed by atoms with Gasteiger partial charge in [0.05, 0.1) is 6.10 Å². The zero-order valence-electron chi connectivity index (χ0n) is 10.5. The Hall–Kier alpha value is -0.670. The third-order valence-corrected chi connectivity index (χ3v) is 4.34. The predicted octanol–water partition coefficient (Wildman–Crippen LogP) is 3.09. The smallest absolute Gasteiger partial charge is 0.0807 e. The molecule has 1 heterocycles. The highest BCUT2D eigenvalue weighted by atomic mass is 32.2. The summed E-state index contributed by atoms with van der Waals surface area (Å²) in [5, 5.41) is 9.98. The maximum absolute atomic E-state index is 9.98. The number of aryl methyl sites for hydroxylation is 1. The number of aromatic nitrogens is 1. The molecule has 0 radical (unpaired) electrons. The molecule has 0 aliphatic heterocycles. The van der Waals surface area contributed by atoms with Crippen LogP contribution in [0.5, 0.6) is 0 Å². The van der Waals surface area contributed by atoms with Crippen LogP contribution in [0.1, 0.15) is 35.9 Å². The van der Waals surface area contributed by atoms with Crippen molar-refractivity contribution >= 4 is 11.8 Å². The molecule has 2 nitrogen and oxygen atoms in total. The number of fused-ring (bicyclic) bond motifs is 1. The first kappa shape index (κ1) is 12.8. The summed E-state index contributed by atoms with van der Waals surface area (Å²) >= 11 is 1.91. The first-order valence-corrected chi connectivity index (χ1v) is 7.45. The quantitative estimate of drug-likeness (QED) is 0.642. The summed E-state index contributed by atoms with van der Waals surface area (Å²) in [4.78, 5) is 0. The van der Waals surface area contributed by atoms with Gasteiger partial charge in [-0.2, -0.15) is 11.8 Å². The lowest BCUT2D eigenvalue weighted by Crippen LogP contribution is -2.13. The van der Waals surface area contributed by atoms with Crippen LogP contribution in [0.15, 0.2) is 18.7 Å². The van der Waals surface area contributed by atoms with Gasteiger partial charge in [-0.3, -0.25) is 0 Å². The van der Waals surface area contributed by atoms with Gasteiger partial charge >= 0.3 is 0 Å². The van der Waals surface area contributed by atoms with Crippen molar-refractivity contribution in [3.63, 3.8) is 0 Å². The summed E-state index contributed by atoms with van der Waals surface area (Å²) in [5.74, 6) is 2.13. The second kappa shape index (κ2) is 5.78. The normalized spacial score (nSPS) is 19.1. The van der Waals surface area contributed by atoms with E-state index in [9.17, 15) is 5.11 Å². The van der Waals surface area contributed by atoms with Crippen LogP contribution < -0.4 is 0 Å². The first-order valence-electron chi connectivity index (χ1n) is 6.29. The van der Waals surface area contributed by atoms with Crippen molar-refractivity contribution in [2.45, 2.75) is 38.8 Å². The van der Waals surface area contributed by atoms with Crippen LogP contribution in [0, 0.1) is 6.92 Å². The minimum absolute atomic E-state index is 0.237. The predicted molar refractivity (Wildman–Crippen MR) is 74.6 cm³/mol. The molecule has 0 aromatic carbocycles. The van der Waals surface area contributed by atoms with Crippen LogP contribution in [-0.2, 0) is 13.0 Å². The fourth-order valence-corrected chi connectivity index (χ4v) is 3.22. The fourth-order valence-electron chi connectivity index (χ4n) is 2.57. The standard InChI is InChI=1S/C14H21NOS/c1-3-8-17-9-7-15-11(2)10-12-13(15)5-4-6-14(12)16/h3,10,14,16H,1,4-9H2,2H3. The molecular formula is C14H21NOS. The minimum Gasteiger partial charge on any atom is -0.388 e. The monoisotopic (exact) mass is 251 g/mol. The molecule has 1 atom stereocenters. The van der Waals surface area contributed by atoms with Gasteiger partial charge in [-0.1, -0.05) is 6.08 Å². The molecule has 0 fully saturated rings. The molecule has 0 spiro atoms. The summed E-state index contributed by atoms with van der Waals surface area (Å²) in [6.07, 6.45) is 4.86. The van der Waals surface area contributed by atoms with Gasteiger partial charge < -0.3 is 9.67 Å². The van der Waals surface area contributed by atoms with Crippen molar-refractivity contribution in [1.82, 2.24) is 4.57 Å². The number of rotatable bonds is 5. The number of hydrogen-bond acceptors (Lipinski definition) is 2. The number of thioether (sulfide) groups is 1. The van der Waals surface area contributed by atoms with Crippen LogP contribution in [0.3, 0.4) is 0 Å². The van der Waals surface area contributed by atoms with Crippen LogP contribution >= 0.6 is 11.8 Å². The van der Waals surface area contributed by atoms with E-state index in [4.69, 9.17) is 0 Å². The Balaban J connectivity index is 2.08. The Labute approximate surface area is 108 Å². The fraction of sp³-hybridized carbons (Fsp3) is 0.571. The summed E-state index contributed by atoms with van der Waals surface area (Å²) in [6, 6.07) is 2.16. The Morgan fingerprint density at radius 1 is 1.65 bits per heavy atom. The van der Waals surface area contributed by atoms with Crippen LogP contribution in [0.4, 0.5) is 0 Å². The van der Waals surface area contributed by atoms with E-state index >= 15 is 0 Å². The Morgan fingerprint density at radius 2 is 2.47 bits per heavy atom. The highest BCUT2D eigenvalue weighted by Crippen LogP contribution is 2.32. The van der Waals surface area contributed by atoms with Crippen molar-refractivity contribution in [2.75, 3.05) is 11.5 Å². The molecule has 0 saturated carbocycles. The Morgan fingerprint density at radius 3 is 3.24 bits per heavy atom. The molecule has 0 bridgehead atoms. The molecule has 1 aliphatic rings. The third-order valence-electron chi connectivity index (χ3n) is 3.39. The van der Waals surface area contributed by atoms with E-state index in [1.807, 2.05) is 17.8 Å². The lowest BCUT2D eigenvalue weighted by atomic mass is 9.95. The average Bonchev–Trinajstić information content (AvgIpc) is 2.63. The molecule has 3 heteroatoms. The van der Waals surface area contributed by atoms with Gasteiger partial charge in [0.2, 0.25) is 0 Å². The van der Waals surface area contributed by atoms with Gasteiger partial charge in [0.1, 0.15) is 0 Å². The minimum atomic E-state index is -0.237. The zero-order chi connectivity index (χ0) is 12.3. The van der Waals surface area contributed by atoms with Gasteiger partial charge in [-0.15, -0.1) is 6.58 Å². The maximum atomic E-state index is 9.98. The number of aliphatic hydroxyl groups excluding tert-OH is 1. The molecule has 1 aromatic heterocycles.